The molecule has 0 aliphatic rings. The fraction of sp³-hybridized carbons (Fsp3) is 0.229. The lowest BCUT2D eigenvalue weighted by atomic mass is 10.2. The van der Waals surface area contributed by atoms with E-state index in [1.807, 2.05) is 12.2 Å². The molecule has 214 valence electrons. The third-order valence-corrected chi connectivity index (χ3v) is 5.53. The molecular formula is C35H38O6. The van der Waals surface area contributed by atoms with Gasteiger partial charge in [0.1, 0.15) is 22.6 Å². The van der Waals surface area contributed by atoms with Gasteiger partial charge in [-0.15, -0.1) is 0 Å². The molecule has 0 aliphatic carbocycles. The van der Waals surface area contributed by atoms with E-state index in [1.54, 1.807) is 24.3 Å². The van der Waals surface area contributed by atoms with Gasteiger partial charge in [0.25, 0.3) is 0 Å². The van der Waals surface area contributed by atoms with Crippen LogP contribution in [0.15, 0.2) is 121 Å². The Balaban J connectivity index is 1.70. The van der Waals surface area contributed by atoms with Gasteiger partial charge >= 0.3 is 17.9 Å². The van der Waals surface area contributed by atoms with E-state index in [0.29, 0.717) is 6.42 Å². The van der Waals surface area contributed by atoms with E-state index in [2.05, 4.69) is 61.6 Å². The molecular weight excluding hydrogens is 516 g/mol. The highest BCUT2D eigenvalue weighted by atomic mass is 16.6. The van der Waals surface area contributed by atoms with Gasteiger partial charge in [-0.05, 0) is 62.8 Å². The number of carbonyl (C=O) groups excluding carboxylic acids is 2. The Bertz CT molecular complexity index is 1290. The molecule has 0 unspecified atom stereocenters. The maximum atomic E-state index is 12.7. The van der Waals surface area contributed by atoms with Crippen molar-refractivity contribution in [1.82, 2.24) is 0 Å². The Kier molecular flexibility index (Phi) is 16.0. The Labute approximate surface area is 242 Å². The Morgan fingerprint density at radius 3 is 1.49 bits per heavy atom. The number of benzene rings is 2. The molecule has 2 aromatic carbocycles. The quantitative estimate of drug-likeness (QED) is 0.120. The van der Waals surface area contributed by atoms with Crippen molar-refractivity contribution < 1.29 is 29.0 Å². The van der Waals surface area contributed by atoms with Gasteiger partial charge in [0.2, 0.25) is 0 Å². The van der Waals surface area contributed by atoms with Crippen LogP contribution < -0.4 is 9.47 Å². The van der Waals surface area contributed by atoms with Crippen LogP contribution in [-0.2, 0) is 4.79 Å². The van der Waals surface area contributed by atoms with Crippen molar-refractivity contribution in [2.45, 2.75) is 51.9 Å². The Morgan fingerprint density at radius 2 is 1.00 bits per heavy atom. The molecule has 0 spiro atoms. The van der Waals surface area contributed by atoms with E-state index in [0.717, 1.165) is 32.1 Å². The normalized spacial score (nSPS) is 12.0. The van der Waals surface area contributed by atoms with E-state index in [4.69, 9.17) is 9.47 Å². The van der Waals surface area contributed by atoms with Crippen molar-refractivity contribution in [2.24, 2.45) is 0 Å². The zero-order chi connectivity index (χ0) is 29.5. The molecule has 0 saturated heterocycles. The van der Waals surface area contributed by atoms with Gasteiger partial charge in [-0.2, -0.15) is 0 Å². The highest BCUT2D eigenvalue weighted by Gasteiger charge is 2.19. The number of hydrogen-bond acceptors (Lipinski definition) is 5. The number of allylic oxidation sites excluding steroid dienone is 11. The third kappa shape index (κ3) is 13.8. The average molecular weight is 555 g/mol. The first-order valence-electron chi connectivity index (χ1n) is 13.8. The summed E-state index contributed by atoms with van der Waals surface area (Å²) in [6.07, 6.45) is 30.5. The van der Waals surface area contributed by atoms with Crippen molar-refractivity contribution in [1.29, 1.82) is 0 Å². The summed E-state index contributed by atoms with van der Waals surface area (Å²) in [5.74, 6) is -2.62. The number of hydrogen-bond donors (Lipinski definition) is 1. The first kappa shape index (κ1) is 32.5. The molecule has 2 rings (SSSR count). The summed E-state index contributed by atoms with van der Waals surface area (Å²) in [7, 11) is 0. The largest absolute Gasteiger partial charge is 0.478 e. The second-order valence-corrected chi connectivity index (χ2v) is 8.78. The summed E-state index contributed by atoms with van der Waals surface area (Å²) < 4.78 is 10.6. The molecule has 0 aromatic heterocycles. The minimum atomic E-state index is -1.22. The highest BCUT2D eigenvalue weighted by Crippen LogP contribution is 2.23. The van der Waals surface area contributed by atoms with Gasteiger partial charge in [0, 0.05) is 0 Å². The Morgan fingerprint density at radius 1 is 0.585 bits per heavy atom. The summed E-state index contributed by atoms with van der Waals surface area (Å²) >= 11 is 0. The number of para-hydroxylation sites is 2. The second kappa shape index (κ2) is 20.2. The number of rotatable bonds is 17. The zero-order valence-corrected chi connectivity index (χ0v) is 23.5. The first-order chi connectivity index (χ1) is 20.0. The van der Waals surface area contributed by atoms with Crippen molar-refractivity contribution in [3.63, 3.8) is 0 Å². The smallest absolute Gasteiger partial charge is 0.347 e. The predicted molar refractivity (Wildman–Crippen MR) is 163 cm³/mol. The van der Waals surface area contributed by atoms with Crippen LogP contribution in [0.2, 0.25) is 0 Å². The molecule has 0 aliphatic heterocycles. The minimum absolute atomic E-state index is 0.0174. The molecule has 0 bridgehead atoms. The van der Waals surface area contributed by atoms with Crippen molar-refractivity contribution >= 4 is 17.9 Å². The molecule has 6 heteroatoms. The lowest BCUT2D eigenvalue weighted by Gasteiger charge is -2.10. The van der Waals surface area contributed by atoms with E-state index in [-0.39, 0.29) is 29.0 Å². The maximum Gasteiger partial charge on any atom is 0.347 e. The number of carboxylic acid groups (broad SMARTS) is 1. The standard InChI is InChI=1S/C35H38O6/c1-2-3-4-5-6-7-8-9-10-11-12-13-14-15-16-17-18-19-28-33(36)40-32-27-23-21-25-30(32)35(39)41-31-26-22-20-24-29(31)34(37)38/h3-4,6-7,9-10,12-13,15-16,18-27H,2,5,8,11,14,17,28H2,1H3,(H,37,38). The average Bonchev–Trinajstić information content (AvgIpc) is 2.97. The van der Waals surface area contributed by atoms with Gasteiger partial charge in [0.05, 0.1) is 6.42 Å². The van der Waals surface area contributed by atoms with Crippen LogP contribution in [0.25, 0.3) is 0 Å². The molecule has 0 atom stereocenters. The summed E-state index contributed by atoms with van der Waals surface area (Å²) in [5, 5.41) is 9.29. The van der Waals surface area contributed by atoms with Crippen molar-refractivity contribution in [2.75, 3.05) is 0 Å². The number of esters is 2. The number of carboxylic acids is 1. The van der Waals surface area contributed by atoms with Gasteiger partial charge < -0.3 is 14.6 Å². The number of carbonyl (C=O) groups is 3. The van der Waals surface area contributed by atoms with Crippen LogP contribution >= 0.6 is 0 Å². The molecule has 1 N–H and O–H groups in total. The molecule has 6 nitrogen and oxygen atoms in total. The van der Waals surface area contributed by atoms with Crippen LogP contribution in [0.5, 0.6) is 11.5 Å². The van der Waals surface area contributed by atoms with Gasteiger partial charge in [-0.1, -0.05) is 104 Å². The third-order valence-electron chi connectivity index (χ3n) is 5.53. The van der Waals surface area contributed by atoms with Gasteiger partial charge in [-0.3, -0.25) is 4.79 Å². The Hall–Kier alpha value is -4.71. The van der Waals surface area contributed by atoms with Gasteiger partial charge in [-0.25, -0.2) is 9.59 Å². The predicted octanol–water partition coefficient (Wildman–Crippen LogP) is 8.60. The second-order valence-electron chi connectivity index (χ2n) is 8.78. The molecule has 41 heavy (non-hydrogen) atoms. The van der Waals surface area contributed by atoms with E-state index >= 15 is 0 Å². The van der Waals surface area contributed by atoms with Crippen molar-refractivity contribution in [3.05, 3.63) is 133 Å². The van der Waals surface area contributed by atoms with E-state index in [1.165, 1.54) is 30.3 Å². The summed E-state index contributed by atoms with van der Waals surface area (Å²) in [6.45, 7) is 2.13. The zero-order valence-electron chi connectivity index (χ0n) is 23.5. The minimum Gasteiger partial charge on any atom is -0.478 e. The summed E-state index contributed by atoms with van der Waals surface area (Å²) in [5.41, 5.74) is -0.128. The lowest BCUT2D eigenvalue weighted by Crippen LogP contribution is -2.15. The molecule has 0 saturated carbocycles. The maximum absolute atomic E-state index is 12.7. The van der Waals surface area contributed by atoms with Crippen LogP contribution in [0.4, 0.5) is 0 Å². The van der Waals surface area contributed by atoms with E-state index in [9.17, 15) is 19.5 Å². The monoisotopic (exact) mass is 554 g/mol. The lowest BCUT2D eigenvalue weighted by molar-refractivity contribution is -0.133. The SMILES string of the molecule is CCC=CCC=CCC=CCC=CCC=CCC=CCC(=O)Oc1ccccc1C(=O)Oc1ccccc1C(=O)O. The van der Waals surface area contributed by atoms with Crippen LogP contribution in [0, 0.1) is 0 Å². The molecule has 0 heterocycles. The number of aromatic carboxylic acids is 1. The fourth-order valence-electron chi connectivity index (χ4n) is 3.48. The fourth-order valence-corrected chi connectivity index (χ4v) is 3.48. The van der Waals surface area contributed by atoms with Crippen LogP contribution in [0.3, 0.4) is 0 Å². The molecule has 0 amide bonds. The van der Waals surface area contributed by atoms with Crippen LogP contribution in [0.1, 0.15) is 72.6 Å². The van der Waals surface area contributed by atoms with Crippen molar-refractivity contribution in [3.8, 4) is 11.5 Å². The molecule has 0 fully saturated rings. The summed E-state index contributed by atoms with van der Waals surface area (Å²) in [6, 6.07) is 12.0. The topological polar surface area (TPSA) is 89.9 Å². The van der Waals surface area contributed by atoms with Crippen LogP contribution in [-0.4, -0.2) is 23.0 Å². The first-order valence-corrected chi connectivity index (χ1v) is 13.8. The molecule has 2 aromatic rings. The summed E-state index contributed by atoms with van der Waals surface area (Å²) in [4.78, 5) is 36.4. The number of ether oxygens (including phenoxy) is 2. The highest BCUT2D eigenvalue weighted by molar-refractivity contribution is 5.97. The van der Waals surface area contributed by atoms with E-state index < -0.39 is 17.9 Å². The molecule has 0 radical (unpaired) electrons. The van der Waals surface area contributed by atoms with Gasteiger partial charge in [0.15, 0.2) is 0 Å².